The number of hydrogen-bond acceptors (Lipinski definition) is 9. The quantitative estimate of drug-likeness (QED) is 0.0518. The van der Waals surface area contributed by atoms with Crippen molar-refractivity contribution >= 4 is 20.7 Å². The maximum Gasteiger partial charge on any atom is 0.500 e. The van der Waals surface area contributed by atoms with Crippen LogP contribution < -0.4 is 0 Å². The Morgan fingerprint density at radius 2 is 1.16 bits per heavy atom. The lowest BCUT2D eigenvalue weighted by Crippen LogP contribution is -2.44. The van der Waals surface area contributed by atoms with Crippen molar-refractivity contribution < 1.29 is 41.8 Å². The predicted octanol–water partition coefficient (Wildman–Crippen LogP) is 5.77. The normalized spacial score (nSPS) is 18.9. The molecule has 0 radical (unpaired) electrons. The number of rotatable bonds is 23. The van der Waals surface area contributed by atoms with Crippen LogP contribution >= 0.6 is 0 Å². The molecule has 10 heteroatoms. The zero-order valence-corrected chi connectivity index (χ0v) is 25.2. The zero-order chi connectivity index (χ0) is 27.6. The standard InChI is InChI=1S/C27H52O9Si/c1-30-27(31-2,32-3)21-16-14-12-10-8-7-9-11-13-15-19-26(22-18-24(28)36-25(26)29)20-17-23-37(33-4,34-5)35-6/h7-23H2,1-6H3. The van der Waals surface area contributed by atoms with Crippen molar-refractivity contribution in [3.05, 3.63) is 0 Å². The maximum atomic E-state index is 12.8. The van der Waals surface area contributed by atoms with Gasteiger partial charge in [-0.1, -0.05) is 57.8 Å². The van der Waals surface area contributed by atoms with Gasteiger partial charge in [0.1, 0.15) is 0 Å². The molecular weight excluding hydrogens is 496 g/mol. The maximum absolute atomic E-state index is 12.8. The highest BCUT2D eigenvalue weighted by Gasteiger charge is 2.45. The van der Waals surface area contributed by atoms with Gasteiger partial charge >= 0.3 is 20.7 Å². The third-order valence-electron chi connectivity index (χ3n) is 7.84. The summed E-state index contributed by atoms with van der Waals surface area (Å²) in [6.07, 6.45) is 15.2. The minimum absolute atomic E-state index is 0.302. The van der Waals surface area contributed by atoms with Crippen LogP contribution in [0.1, 0.15) is 103 Å². The van der Waals surface area contributed by atoms with E-state index in [0.717, 1.165) is 51.4 Å². The number of carbonyl (C=O) groups excluding carboxylic acids is 2. The summed E-state index contributed by atoms with van der Waals surface area (Å²) in [5.41, 5.74) is -0.588. The van der Waals surface area contributed by atoms with Crippen LogP contribution in [0.2, 0.25) is 6.04 Å². The number of carbonyl (C=O) groups is 2. The van der Waals surface area contributed by atoms with E-state index in [0.29, 0.717) is 25.3 Å². The second kappa shape index (κ2) is 18.4. The number of cyclic esters (lactones) is 2. The van der Waals surface area contributed by atoms with E-state index < -0.39 is 26.2 Å². The minimum Gasteiger partial charge on any atom is -0.393 e. The van der Waals surface area contributed by atoms with Gasteiger partial charge in [0.25, 0.3) is 5.97 Å². The molecule has 1 heterocycles. The predicted molar refractivity (Wildman–Crippen MR) is 143 cm³/mol. The smallest absolute Gasteiger partial charge is 0.393 e. The monoisotopic (exact) mass is 548 g/mol. The molecule has 1 aliphatic rings. The van der Waals surface area contributed by atoms with E-state index in [-0.39, 0.29) is 5.97 Å². The van der Waals surface area contributed by atoms with Gasteiger partial charge in [0.2, 0.25) is 0 Å². The van der Waals surface area contributed by atoms with Gasteiger partial charge in [0.15, 0.2) is 0 Å². The van der Waals surface area contributed by atoms with Gasteiger partial charge in [-0.2, -0.15) is 0 Å². The second-order valence-electron chi connectivity index (χ2n) is 10.0. The molecule has 1 aliphatic heterocycles. The Morgan fingerprint density at radius 1 is 0.703 bits per heavy atom. The SMILES string of the molecule is COC(CCCCCCCCCCCCC1(CCC[Si](OC)(OC)OC)CCC(=O)OC1=O)(OC)OC. The number of hydrogen-bond donors (Lipinski definition) is 0. The molecule has 1 saturated heterocycles. The lowest BCUT2D eigenvalue weighted by atomic mass is 9.74. The average molecular weight is 549 g/mol. The molecule has 218 valence electrons. The van der Waals surface area contributed by atoms with Gasteiger partial charge in [-0.05, 0) is 32.1 Å². The summed E-state index contributed by atoms with van der Waals surface area (Å²) in [6, 6.07) is 0.630. The number of esters is 2. The zero-order valence-electron chi connectivity index (χ0n) is 24.2. The molecule has 0 aliphatic carbocycles. The third-order valence-corrected chi connectivity index (χ3v) is 10.7. The first-order chi connectivity index (χ1) is 17.8. The first kappa shape index (κ1) is 34.1. The van der Waals surface area contributed by atoms with Crippen LogP contribution in [-0.2, 0) is 41.8 Å². The Bertz CT molecular complexity index is 621. The van der Waals surface area contributed by atoms with Crippen LogP contribution in [0.4, 0.5) is 0 Å². The second-order valence-corrected chi connectivity index (χ2v) is 13.1. The van der Waals surface area contributed by atoms with Crippen molar-refractivity contribution in [1.29, 1.82) is 0 Å². The molecular formula is C27H52O9Si. The van der Waals surface area contributed by atoms with Crippen molar-refractivity contribution in [1.82, 2.24) is 0 Å². The first-order valence-corrected chi connectivity index (χ1v) is 15.8. The topological polar surface area (TPSA) is 98.8 Å². The molecule has 0 aromatic heterocycles. The van der Waals surface area contributed by atoms with Crippen LogP contribution in [0, 0.1) is 5.41 Å². The molecule has 1 fully saturated rings. The molecule has 1 unspecified atom stereocenters. The van der Waals surface area contributed by atoms with Crippen molar-refractivity contribution in [2.24, 2.45) is 5.41 Å². The molecule has 37 heavy (non-hydrogen) atoms. The van der Waals surface area contributed by atoms with Gasteiger partial charge in [-0.25, -0.2) is 0 Å². The molecule has 1 rings (SSSR count). The van der Waals surface area contributed by atoms with Crippen molar-refractivity contribution in [3.63, 3.8) is 0 Å². The highest BCUT2D eigenvalue weighted by molar-refractivity contribution is 6.60. The first-order valence-electron chi connectivity index (χ1n) is 13.9. The van der Waals surface area contributed by atoms with Crippen LogP contribution in [0.5, 0.6) is 0 Å². The van der Waals surface area contributed by atoms with E-state index in [1.807, 2.05) is 0 Å². The van der Waals surface area contributed by atoms with Gasteiger partial charge in [-0.3, -0.25) is 9.59 Å². The highest BCUT2D eigenvalue weighted by Crippen LogP contribution is 2.41. The summed E-state index contributed by atoms with van der Waals surface area (Å²) in [5, 5.41) is 0. The number of unbranched alkanes of at least 4 members (excludes halogenated alkanes) is 9. The molecule has 0 aromatic carbocycles. The fourth-order valence-corrected chi connectivity index (χ4v) is 6.98. The van der Waals surface area contributed by atoms with Gasteiger partial charge in [0.05, 0.1) is 5.41 Å². The fraction of sp³-hybridized carbons (Fsp3) is 0.926. The Hall–Kier alpha value is -0.883. The van der Waals surface area contributed by atoms with Crippen molar-refractivity contribution in [3.8, 4) is 0 Å². The summed E-state index contributed by atoms with van der Waals surface area (Å²) in [6.45, 7) is 0. The summed E-state index contributed by atoms with van der Waals surface area (Å²) in [5.74, 6) is -1.68. The Kier molecular flexibility index (Phi) is 17.0. The lowest BCUT2D eigenvalue weighted by Gasteiger charge is -2.35. The molecule has 0 bridgehead atoms. The van der Waals surface area contributed by atoms with E-state index in [2.05, 4.69) is 0 Å². The van der Waals surface area contributed by atoms with Gasteiger partial charge in [-0.15, -0.1) is 0 Å². The van der Waals surface area contributed by atoms with E-state index in [9.17, 15) is 9.59 Å². The number of ether oxygens (including phenoxy) is 4. The molecule has 0 amide bonds. The summed E-state index contributed by atoms with van der Waals surface area (Å²) in [4.78, 5) is 24.4. The fourth-order valence-electron chi connectivity index (χ4n) is 5.26. The van der Waals surface area contributed by atoms with Gasteiger partial charge in [0, 0.05) is 61.5 Å². The third kappa shape index (κ3) is 11.4. The number of methoxy groups -OCH3 is 3. The molecule has 0 saturated carbocycles. The van der Waals surface area contributed by atoms with Crippen LogP contribution in [-0.4, -0.2) is 69.4 Å². The Labute approximate surface area is 225 Å². The molecule has 0 N–H and O–H groups in total. The molecule has 0 aromatic rings. The highest BCUT2D eigenvalue weighted by atomic mass is 28.4. The average Bonchev–Trinajstić information content (AvgIpc) is 2.92. The summed E-state index contributed by atoms with van der Waals surface area (Å²) < 4.78 is 37.6. The van der Waals surface area contributed by atoms with Crippen molar-refractivity contribution in [2.45, 2.75) is 115 Å². The largest absolute Gasteiger partial charge is 0.500 e. The minimum atomic E-state index is -2.69. The Morgan fingerprint density at radius 3 is 1.62 bits per heavy atom. The molecule has 9 nitrogen and oxygen atoms in total. The summed E-state index contributed by atoms with van der Waals surface area (Å²) in [7, 11) is 6.91. The van der Waals surface area contributed by atoms with E-state index in [4.69, 9.17) is 32.2 Å². The van der Waals surface area contributed by atoms with Gasteiger partial charge < -0.3 is 32.2 Å². The lowest BCUT2D eigenvalue weighted by molar-refractivity contribution is -0.355. The Balaban J connectivity index is 2.27. The van der Waals surface area contributed by atoms with Crippen LogP contribution in [0.15, 0.2) is 0 Å². The molecule has 0 spiro atoms. The van der Waals surface area contributed by atoms with Crippen LogP contribution in [0.3, 0.4) is 0 Å². The van der Waals surface area contributed by atoms with Crippen LogP contribution in [0.25, 0.3) is 0 Å². The van der Waals surface area contributed by atoms with Crippen molar-refractivity contribution in [2.75, 3.05) is 42.7 Å². The van der Waals surface area contributed by atoms with E-state index >= 15 is 0 Å². The molecule has 1 atom stereocenters. The summed E-state index contributed by atoms with van der Waals surface area (Å²) >= 11 is 0. The van der Waals surface area contributed by atoms with E-state index in [1.54, 1.807) is 42.7 Å². The van der Waals surface area contributed by atoms with E-state index in [1.165, 1.54) is 32.1 Å².